The Kier molecular flexibility index (Phi) is 7.85. The van der Waals surface area contributed by atoms with E-state index in [1.54, 1.807) is 15.1 Å². The van der Waals surface area contributed by atoms with Gasteiger partial charge in [-0.25, -0.2) is 4.79 Å². The highest BCUT2D eigenvalue weighted by atomic mass is 32.3. The fourth-order valence-corrected chi connectivity index (χ4v) is 7.99. The molecule has 2 aromatic carbocycles. The van der Waals surface area contributed by atoms with E-state index in [-0.39, 0.29) is 29.2 Å². The molecule has 3 atom stereocenters. The van der Waals surface area contributed by atoms with Crippen molar-refractivity contribution in [1.82, 2.24) is 23.9 Å². The maximum atomic E-state index is 13.5. The van der Waals surface area contributed by atoms with Crippen molar-refractivity contribution >= 4 is 16.7 Å². The number of aromatic nitrogens is 4. The smallest absolute Gasteiger partial charge is 0.416 e. The minimum atomic E-state index is -4.52. The summed E-state index contributed by atoms with van der Waals surface area (Å²) in [5.41, 5.74) is 3.22. The van der Waals surface area contributed by atoms with Crippen LogP contribution in [0.4, 0.5) is 13.2 Å². The monoisotopic (exact) mass is 629 g/mol. The van der Waals surface area contributed by atoms with Crippen molar-refractivity contribution < 1.29 is 31.8 Å². The van der Waals surface area contributed by atoms with Gasteiger partial charge in [-0.15, -0.1) is 15.9 Å². The molecule has 1 fully saturated rings. The molecule has 1 aliphatic heterocycles. The van der Waals surface area contributed by atoms with Gasteiger partial charge in [0, 0.05) is 55.7 Å². The van der Waals surface area contributed by atoms with Crippen molar-refractivity contribution in [3.63, 3.8) is 0 Å². The Morgan fingerprint density at radius 2 is 1.93 bits per heavy atom. The molecule has 6 rings (SSSR count). The highest BCUT2D eigenvalue weighted by Crippen LogP contribution is 2.57. The standard InChI is InChI=1S/C31H34F3N5O4S/c1-4-19-12-21-14-22(31(32,33)34)8-9-28(21)44(41,42)38(16-19)17-20-6-5-7-23(13-20)39-11-10-24(30(40)43-3)29(39)26-15-25(26)27-18-37(2)36-35-27/h5-11,13-14,18-19,25-26,41-42H,4,12,15-17H2,1-3H3/t19?,25-,26-/m1/s1. The van der Waals surface area contributed by atoms with Crippen molar-refractivity contribution in [2.75, 3.05) is 13.7 Å². The molecule has 0 amide bonds. The summed E-state index contributed by atoms with van der Waals surface area (Å²) >= 11 is 0. The summed E-state index contributed by atoms with van der Waals surface area (Å²) in [5.74, 6) is -0.366. The molecule has 13 heteroatoms. The average Bonchev–Trinajstić information content (AvgIpc) is 3.47. The van der Waals surface area contributed by atoms with E-state index in [0.29, 0.717) is 30.5 Å². The summed E-state index contributed by atoms with van der Waals surface area (Å²) in [4.78, 5) is 12.9. The lowest BCUT2D eigenvalue weighted by atomic mass is 9.95. The predicted molar refractivity (Wildman–Crippen MR) is 159 cm³/mol. The van der Waals surface area contributed by atoms with Crippen LogP contribution in [-0.4, -0.2) is 52.6 Å². The maximum Gasteiger partial charge on any atom is 0.416 e. The molecule has 0 bridgehead atoms. The Balaban J connectivity index is 1.33. The molecule has 0 spiro atoms. The topological polar surface area (TPSA) is 106 Å². The van der Waals surface area contributed by atoms with Crippen LogP contribution in [0.2, 0.25) is 0 Å². The van der Waals surface area contributed by atoms with Gasteiger partial charge in [0.1, 0.15) is 0 Å². The molecular formula is C31H34F3N5O4S. The van der Waals surface area contributed by atoms with Crippen LogP contribution < -0.4 is 0 Å². The van der Waals surface area contributed by atoms with E-state index >= 15 is 0 Å². The first-order valence-electron chi connectivity index (χ1n) is 14.4. The molecule has 2 N–H and O–H groups in total. The molecule has 1 saturated carbocycles. The molecule has 0 radical (unpaired) electrons. The van der Waals surface area contributed by atoms with E-state index in [2.05, 4.69) is 10.3 Å². The number of halogens is 3. The largest absolute Gasteiger partial charge is 0.465 e. The van der Waals surface area contributed by atoms with Crippen molar-refractivity contribution in [2.24, 2.45) is 13.0 Å². The average molecular weight is 630 g/mol. The Morgan fingerprint density at radius 1 is 1.14 bits per heavy atom. The zero-order chi connectivity index (χ0) is 31.4. The van der Waals surface area contributed by atoms with Gasteiger partial charge in [-0.2, -0.15) is 17.5 Å². The number of rotatable bonds is 7. The molecule has 1 unspecified atom stereocenters. The lowest BCUT2D eigenvalue weighted by molar-refractivity contribution is -0.137. The van der Waals surface area contributed by atoms with E-state index in [1.807, 2.05) is 55.2 Å². The Morgan fingerprint density at radius 3 is 2.61 bits per heavy atom. The van der Waals surface area contributed by atoms with E-state index in [0.717, 1.165) is 41.2 Å². The van der Waals surface area contributed by atoms with E-state index < -0.39 is 28.5 Å². The first kappa shape index (κ1) is 30.4. The molecule has 1 aliphatic carbocycles. The number of alkyl halides is 3. The second kappa shape index (κ2) is 11.4. The number of esters is 1. The van der Waals surface area contributed by atoms with Crippen molar-refractivity contribution in [2.45, 2.75) is 55.6 Å². The second-order valence-corrected chi connectivity index (χ2v) is 13.5. The van der Waals surface area contributed by atoms with Crippen LogP contribution in [0.15, 0.2) is 65.8 Å². The minimum Gasteiger partial charge on any atom is -0.465 e. The number of methoxy groups -OCH3 is 1. The van der Waals surface area contributed by atoms with Crippen LogP contribution in [0.1, 0.15) is 70.0 Å². The van der Waals surface area contributed by atoms with Crippen molar-refractivity contribution in [3.8, 4) is 5.69 Å². The SMILES string of the molecule is CCC1Cc2cc(C(F)(F)F)ccc2S(O)(O)N(Cc2cccc(-n3ccc(C(=O)OC)c3[C@@H]3C[C@H]3c3cn(C)nn3)c2)C1. The number of fused-ring (bicyclic) bond motifs is 1. The third-order valence-electron chi connectivity index (χ3n) is 8.61. The van der Waals surface area contributed by atoms with Crippen LogP contribution in [0.5, 0.6) is 0 Å². The van der Waals surface area contributed by atoms with Crippen LogP contribution >= 0.6 is 10.8 Å². The van der Waals surface area contributed by atoms with Gasteiger partial charge in [-0.05, 0) is 66.3 Å². The van der Waals surface area contributed by atoms with Crippen LogP contribution in [0, 0.1) is 5.92 Å². The number of aryl methyl sites for hydroxylation is 1. The zero-order valence-corrected chi connectivity index (χ0v) is 25.3. The summed E-state index contributed by atoms with van der Waals surface area (Å²) in [6.45, 7) is 2.42. The van der Waals surface area contributed by atoms with Gasteiger partial charge in [-0.1, -0.05) is 30.7 Å². The van der Waals surface area contributed by atoms with E-state index in [1.165, 1.54) is 13.2 Å². The fourth-order valence-electron chi connectivity index (χ4n) is 6.22. The zero-order valence-electron chi connectivity index (χ0n) is 24.5. The minimum absolute atomic E-state index is 0.0282. The summed E-state index contributed by atoms with van der Waals surface area (Å²) < 4.78 is 73.7. The van der Waals surface area contributed by atoms with Gasteiger partial charge in [0.05, 0.1) is 28.8 Å². The van der Waals surface area contributed by atoms with E-state index in [9.17, 15) is 27.1 Å². The summed E-state index contributed by atoms with van der Waals surface area (Å²) in [5, 5.41) is 8.31. The molecule has 3 heterocycles. The van der Waals surface area contributed by atoms with Crippen LogP contribution in [0.3, 0.4) is 0 Å². The number of nitrogens with zero attached hydrogens (tertiary/aromatic N) is 5. The lowest BCUT2D eigenvalue weighted by Gasteiger charge is -2.43. The van der Waals surface area contributed by atoms with Gasteiger partial charge in [0.15, 0.2) is 0 Å². The van der Waals surface area contributed by atoms with Gasteiger partial charge >= 0.3 is 12.1 Å². The number of benzene rings is 2. The van der Waals surface area contributed by atoms with E-state index in [4.69, 9.17) is 4.74 Å². The number of carbonyl (C=O) groups excluding carboxylic acids is 1. The number of ether oxygens (including phenoxy) is 1. The molecule has 9 nitrogen and oxygen atoms in total. The Labute approximate surface area is 254 Å². The van der Waals surface area contributed by atoms with Gasteiger partial charge in [0.2, 0.25) is 0 Å². The number of hydrogen-bond donors (Lipinski definition) is 2. The highest BCUT2D eigenvalue weighted by molar-refractivity contribution is 8.22. The predicted octanol–water partition coefficient (Wildman–Crippen LogP) is 6.79. The van der Waals surface area contributed by atoms with Crippen molar-refractivity contribution in [3.05, 3.63) is 94.6 Å². The fraction of sp³-hybridized carbons (Fsp3) is 0.387. The second-order valence-electron chi connectivity index (χ2n) is 11.6. The molecule has 0 saturated heterocycles. The normalized spacial score (nSPS) is 22.2. The summed E-state index contributed by atoms with van der Waals surface area (Å²) in [6.07, 6.45) is 0.967. The van der Waals surface area contributed by atoms with Crippen molar-refractivity contribution in [1.29, 1.82) is 0 Å². The van der Waals surface area contributed by atoms with Crippen LogP contribution in [0.25, 0.3) is 5.69 Å². The molecular weight excluding hydrogens is 595 g/mol. The summed E-state index contributed by atoms with van der Waals surface area (Å²) in [6, 6.07) is 12.5. The van der Waals surface area contributed by atoms with Gasteiger partial charge < -0.3 is 9.30 Å². The quantitative estimate of drug-likeness (QED) is 0.217. The molecule has 2 aliphatic rings. The van der Waals surface area contributed by atoms with Gasteiger partial charge in [0.25, 0.3) is 0 Å². The first-order chi connectivity index (χ1) is 20.9. The third-order valence-corrected chi connectivity index (χ3v) is 10.6. The van der Waals surface area contributed by atoms with Crippen LogP contribution in [-0.2, 0) is 30.9 Å². The lowest BCUT2D eigenvalue weighted by Crippen LogP contribution is -2.30. The third kappa shape index (κ3) is 5.65. The first-order valence-corrected chi connectivity index (χ1v) is 15.9. The van der Waals surface area contributed by atoms with Gasteiger partial charge in [-0.3, -0.25) is 13.8 Å². The molecule has 44 heavy (non-hydrogen) atoms. The number of hydrogen-bond acceptors (Lipinski definition) is 7. The summed E-state index contributed by atoms with van der Waals surface area (Å²) in [7, 11) is -0.418. The Bertz CT molecular complexity index is 1700. The molecule has 4 aromatic rings. The maximum absolute atomic E-state index is 13.5. The molecule has 2 aromatic heterocycles. The number of carbonyl (C=O) groups is 1. The molecule has 234 valence electrons. The highest BCUT2D eigenvalue weighted by Gasteiger charge is 2.45. The Hall–Kier alpha value is -3.65.